The Kier molecular flexibility index (Phi) is 6.19. The molecule has 1 saturated heterocycles. The lowest BCUT2D eigenvalue weighted by atomic mass is 9.77. The first kappa shape index (κ1) is 21.1. The molecular formula is C27H32N4O. The normalized spacial score (nSPS) is 25.6. The van der Waals surface area contributed by atoms with Gasteiger partial charge in [0.15, 0.2) is 0 Å². The number of carbonyl (C=O) groups excluding carboxylic acids is 1. The van der Waals surface area contributed by atoms with Crippen LogP contribution in [0.25, 0.3) is 6.08 Å². The second-order valence-electron chi connectivity index (χ2n) is 9.24. The standard InChI is InChI=1S/C27H32N4O/c1-29-15-17-30(18-16-29)20-25(32)31-27(22-11-6-3-7-12-22)24-14-8-13-23(26(24)28-31)19-21-9-4-2-5-10-21/h2-7,9-12,19,24,27H,8,13-18,20H2,1H3. The lowest BCUT2D eigenvalue weighted by Gasteiger charge is -2.34. The van der Waals surface area contributed by atoms with Crippen LogP contribution in [0.1, 0.15) is 36.4 Å². The van der Waals surface area contributed by atoms with Gasteiger partial charge in [-0.3, -0.25) is 9.69 Å². The van der Waals surface area contributed by atoms with Crippen molar-refractivity contribution in [1.29, 1.82) is 0 Å². The zero-order valence-corrected chi connectivity index (χ0v) is 18.9. The number of hydrogen-bond acceptors (Lipinski definition) is 4. The Bertz CT molecular complexity index is 993. The quantitative estimate of drug-likeness (QED) is 0.737. The van der Waals surface area contributed by atoms with Gasteiger partial charge in [0.2, 0.25) is 0 Å². The van der Waals surface area contributed by atoms with E-state index in [2.05, 4.69) is 71.5 Å². The molecule has 2 aliphatic heterocycles. The molecule has 0 radical (unpaired) electrons. The molecule has 2 fully saturated rings. The zero-order valence-electron chi connectivity index (χ0n) is 18.9. The van der Waals surface area contributed by atoms with Crippen molar-refractivity contribution in [1.82, 2.24) is 14.8 Å². The highest BCUT2D eigenvalue weighted by molar-refractivity contribution is 6.08. The first-order valence-electron chi connectivity index (χ1n) is 11.8. The molecular weight excluding hydrogens is 396 g/mol. The number of likely N-dealkylation sites (N-methyl/N-ethyl adjacent to an activating group) is 1. The molecule has 2 aromatic carbocycles. The van der Waals surface area contributed by atoms with Gasteiger partial charge < -0.3 is 4.90 Å². The average molecular weight is 429 g/mol. The van der Waals surface area contributed by atoms with E-state index in [1.165, 1.54) is 16.7 Å². The van der Waals surface area contributed by atoms with Crippen LogP contribution in [0.4, 0.5) is 0 Å². The number of allylic oxidation sites excluding steroid dienone is 1. The lowest BCUT2D eigenvalue weighted by Crippen LogP contribution is -2.48. The average Bonchev–Trinajstić information content (AvgIpc) is 3.23. The van der Waals surface area contributed by atoms with E-state index in [1.807, 2.05) is 17.1 Å². The van der Waals surface area contributed by atoms with Gasteiger partial charge in [-0.25, -0.2) is 5.01 Å². The predicted molar refractivity (Wildman–Crippen MR) is 129 cm³/mol. The largest absolute Gasteiger partial charge is 0.304 e. The van der Waals surface area contributed by atoms with Gasteiger partial charge in [0, 0.05) is 32.1 Å². The highest BCUT2D eigenvalue weighted by Crippen LogP contribution is 2.44. The van der Waals surface area contributed by atoms with Crippen LogP contribution < -0.4 is 0 Å². The molecule has 1 saturated carbocycles. The van der Waals surface area contributed by atoms with Crippen molar-refractivity contribution in [3.05, 3.63) is 77.4 Å². The summed E-state index contributed by atoms with van der Waals surface area (Å²) in [5.74, 6) is 0.377. The van der Waals surface area contributed by atoms with Crippen LogP contribution in [0.3, 0.4) is 0 Å². The fourth-order valence-corrected chi connectivity index (χ4v) is 5.21. The Hall–Kier alpha value is -2.76. The fraction of sp³-hybridized carbons (Fsp3) is 0.407. The molecule has 5 rings (SSSR count). The molecule has 0 bridgehead atoms. The molecule has 32 heavy (non-hydrogen) atoms. The summed E-state index contributed by atoms with van der Waals surface area (Å²) in [4.78, 5) is 18.1. The van der Waals surface area contributed by atoms with Crippen molar-refractivity contribution >= 4 is 17.7 Å². The molecule has 1 aliphatic carbocycles. The number of carbonyl (C=O) groups is 1. The molecule has 2 atom stereocenters. The number of amides is 1. The Morgan fingerprint density at radius 2 is 1.69 bits per heavy atom. The fourth-order valence-electron chi connectivity index (χ4n) is 5.21. The molecule has 166 valence electrons. The highest BCUT2D eigenvalue weighted by atomic mass is 16.2. The summed E-state index contributed by atoms with van der Waals surface area (Å²) in [5.41, 5.74) is 4.78. The SMILES string of the molecule is CN1CCN(CC(=O)N2N=C3C(=Cc4ccccc4)CCCC3C2c2ccccc2)CC1. The highest BCUT2D eigenvalue weighted by Gasteiger charge is 2.43. The summed E-state index contributed by atoms with van der Waals surface area (Å²) in [5, 5.41) is 6.84. The zero-order chi connectivity index (χ0) is 21.9. The third-order valence-electron chi connectivity index (χ3n) is 6.99. The third-order valence-corrected chi connectivity index (χ3v) is 6.99. The molecule has 2 aromatic rings. The van der Waals surface area contributed by atoms with Gasteiger partial charge in [-0.1, -0.05) is 60.7 Å². The summed E-state index contributed by atoms with van der Waals surface area (Å²) in [6.45, 7) is 4.34. The number of hydrogen-bond donors (Lipinski definition) is 0. The first-order chi connectivity index (χ1) is 15.7. The minimum Gasteiger partial charge on any atom is -0.304 e. The van der Waals surface area contributed by atoms with Crippen LogP contribution in [0, 0.1) is 5.92 Å². The molecule has 2 unspecified atom stereocenters. The van der Waals surface area contributed by atoms with Crippen molar-refractivity contribution in [2.24, 2.45) is 11.0 Å². The van der Waals surface area contributed by atoms with E-state index < -0.39 is 0 Å². The molecule has 5 heteroatoms. The van der Waals surface area contributed by atoms with Crippen LogP contribution in [-0.2, 0) is 4.79 Å². The van der Waals surface area contributed by atoms with Crippen molar-refractivity contribution < 1.29 is 4.79 Å². The van der Waals surface area contributed by atoms with Crippen LogP contribution in [-0.4, -0.2) is 66.2 Å². The van der Waals surface area contributed by atoms with Gasteiger partial charge in [0.05, 0.1) is 18.3 Å². The van der Waals surface area contributed by atoms with Crippen molar-refractivity contribution in [3.63, 3.8) is 0 Å². The Morgan fingerprint density at radius 1 is 1.00 bits per heavy atom. The van der Waals surface area contributed by atoms with Crippen LogP contribution >= 0.6 is 0 Å². The summed E-state index contributed by atoms with van der Waals surface area (Å²) in [7, 11) is 2.14. The van der Waals surface area contributed by atoms with E-state index in [-0.39, 0.29) is 17.9 Å². The van der Waals surface area contributed by atoms with Gasteiger partial charge in [0.25, 0.3) is 5.91 Å². The number of rotatable bonds is 4. The van der Waals surface area contributed by atoms with Crippen LogP contribution in [0.15, 0.2) is 71.3 Å². The second-order valence-corrected chi connectivity index (χ2v) is 9.24. The number of benzene rings is 2. The summed E-state index contributed by atoms with van der Waals surface area (Å²) in [6, 6.07) is 20.9. The van der Waals surface area contributed by atoms with E-state index in [0.717, 1.165) is 51.2 Å². The van der Waals surface area contributed by atoms with E-state index in [1.54, 1.807) is 0 Å². The lowest BCUT2D eigenvalue weighted by molar-refractivity contribution is -0.135. The van der Waals surface area contributed by atoms with Gasteiger partial charge in [-0.2, -0.15) is 5.10 Å². The maximum absolute atomic E-state index is 13.5. The molecule has 0 spiro atoms. The summed E-state index contributed by atoms with van der Waals surface area (Å²) < 4.78 is 0. The third kappa shape index (κ3) is 4.41. The van der Waals surface area contributed by atoms with Gasteiger partial charge in [-0.15, -0.1) is 0 Å². The molecule has 0 N–H and O–H groups in total. The van der Waals surface area contributed by atoms with E-state index in [0.29, 0.717) is 6.54 Å². The van der Waals surface area contributed by atoms with Crippen molar-refractivity contribution in [3.8, 4) is 0 Å². The molecule has 3 aliphatic rings. The molecule has 2 heterocycles. The first-order valence-corrected chi connectivity index (χ1v) is 11.8. The predicted octanol–water partition coefficient (Wildman–Crippen LogP) is 4.06. The molecule has 1 amide bonds. The maximum Gasteiger partial charge on any atom is 0.257 e. The number of fused-ring (bicyclic) bond motifs is 1. The summed E-state index contributed by atoms with van der Waals surface area (Å²) >= 11 is 0. The Balaban J connectivity index is 1.45. The second kappa shape index (κ2) is 9.39. The van der Waals surface area contributed by atoms with Crippen molar-refractivity contribution in [2.75, 3.05) is 39.8 Å². The monoisotopic (exact) mass is 428 g/mol. The number of piperazine rings is 1. The Morgan fingerprint density at radius 3 is 2.41 bits per heavy atom. The topological polar surface area (TPSA) is 39.1 Å². The van der Waals surface area contributed by atoms with Crippen molar-refractivity contribution in [2.45, 2.75) is 25.3 Å². The summed E-state index contributed by atoms with van der Waals surface area (Å²) in [6.07, 6.45) is 5.49. The van der Waals surface area contributed by atoms with Crippen LogP contribution in [0.5, 0.6) is 0 Å². The van der Waals surface area contributed by atoms with E-state index in [4.69, 9.17) is 5.10 Å². The molecule has 5 nitrogen and oxygen atoms in total. The van der Waals surface area contributed by atoms with E-state index in [9.17, 15) is 4.79 Å². The van der Waals surface area contributed by atoms with Gasteiger partial charge in [0.1, 0.15) is 0 Å². The number of hydrazone groups is 1. The maximum atomic E-state index is 13.5. The smallest absolute Gasteiger partial charge is 0.257 e. The number of nitrogens with zero attached hydrogens (tertiary/aromatic N) is 4. The minimum atomic E-state index is -0.00867. The molecule has 0 aromatic heterocycles. The van der Waals surface area contributed by atoms with Gasteiger partial charge >= 0.3 is 0 Å². The Labute approximate surface area is 191 Å². The van der Waals surface area contributed by atoms with E-state index >= 15 is 0 Å². The minimum absolute atomic E-state index is 0.00867. The van der Waals surface area contributed by atoms with Gasteiger partial charge in [-0.05, 0) is 49.1 Å². The van der Waals surface area contributed by atoms with Crippen LogP contribution in [0.2, 0.25) is 0 Å².